The highest BCUT2D eigenvalue weighted by atomic mass is 19.1. The van der Waals surface area contributed by atoms with Crippen molar-refractivity contribution in [2.45, 2.75) is 13.3 Å². The molecule has 3 heterocycles. The van der Waals surface area contributed by atoms with Gasteiger partial charge in [-0.3, -0.25) is 14.5 Å². The van der Waals surface area contributed by atoms with Gasteiger partial charge in [0.15, 0.2) is 17.2 Å². The normalized spacial score (nSPS) is 10.8. The van der Waals surface area contributed by atoms with Gasteiger partial charge in [-0.05, 0) is 30.7 Å². The van der Waals surface area contributed by atoms with Crippen molar-refractivity contribution in [3.8, 4) is 17.0 Å². The largest absolute Gasteiger partial charge is 0.494 e. The quantitative estimate of drug-likeness (QED) is 0.447. The molecule has 10 nitrogen and oxygen atoms in total. The number of ether oxygens (including phenoxy) is 2. The molecule has 0 bridgehead atoms. The van der Waals surface area contributed by atoms with Crippen LogP contribution in [-0.2, 0) is 11.2 Å². The smallest absolute Gasteiger partial charge is 0.412 e. The van der Waals surface area contributed by atoms with Crippen LogP contribution in [0.5, 0.6) is 5.75 Å². The number of hydrogen-bond acceptors (Lipinski definition) is 7. The van der Waals surface area contributed by atoms with Crippen molar-refractivity contribution < 1.29 is 23.5 Å². The number of methoxy groups -OCH3 is 2. The van der Waals surface area contributed by atoms with Crippen LogP contribution in [0.2, 0.25) is 0 Å². The predicted octanol–water partition coefficient (Wildman–Crippen LogP) is 3.96. The number of carbonyl (C=O) groups is 2. The van der Waals surface area contributed by atoms with E-state index < -0.39 is 11.9 Å². The van der Waals surface area contributed by atoms with Gasteiger partial charge in [0, 0.05) is 36.8 Å². The molecule has 0 spiro atoms. The molecule has 0 aliphatic carbocycles. The van der Waals surface area contributed by atoms with Crippen molar-refractivity contribution in [3.05, 3.63) is 66.1 Å². The Hall–Kier alpha value is -4.54. The molecule has 180 valence electrons. The number of aromatic nitrogens is 4. The Labute approximate surface area is 200 Å². The molecule has 0 saturated carbocycles. The highest BCUT2D eigenvalue weighted by molar-refractivity contribution is 6.04. The Morgan fingerprint density at radius 1 is 1.14 bits per heavy atom. The van der Waals surface area contributed by atoms with E-state index in [0.717, 1.165) is 5.56 Å². The van der Waals surface area contributed by atoms with Gasteiger partial charge in [0.2, 0.25) is 0 Å². The van der Waals surface area contributed by atoms with E-state index in [1.54, 1.807) is 42.2 Å². The maximum atomic E-state index is 13.8. The van der Waals surface area contributed by atoms with Crippen LogP contribution in [0.3, 0.4) is 0 Å². The highest BCUT2D eigenvalue weighted by Crippen LogP contribution is 2.26. The zero-order chi connectivity index (χ0) is 25.1. The van der Waals surface area contributed by atoms with Gasteiger partial charge in [0.1, 0.15) is 11.5 Å². The summed E-state index contributed by atoms with van der Waals surface area (Å²) >= 11 is 0. The second-order valence-electron chi connectivity index (χ2n) is 7.50. The molecule has 11 heteroatoms. The van der Waals surface area contributed by atoms with Gasteiger partial charge < -0.3 is 14.4 Å². The zero-order valence-corrected chi connectivity index (χ0v) is 19.6. The second-order valence-corrected chi connectivity index (χ2v) is 7.50. The minimum absolute atomic E-state index is 0.0364. The van der Waals surface area contributed by atoms with E-state index in [1.165, 1.54) is 37.3 Å². The van der Waals surface area contributed by atoms with Crippen molar-refractivity contribution in [1.29, 1.82) is 0 Å². The molecular formula is C24H23FN6O4. The number of carbonyl (C=O) groups excluding carboxylic acids is 2. The molecule has 2 amide bonds. The van der Waals surface area contributed by atoms with Gasteiger partial charge in [-0.15, -0.1) is 0 Å². The Balaban J connectivity index is 1.72. The van der Waals surface area contributed by atoms with Crippen LogP contribution in [0.1, 0.15) is 23.1 Å². The fraction of sp³-hybridized carbons (Fsp3) is 0.208. The average molecular weight is 478 g/mol. The fourth-order valence-corrected chi connectivity index (χ4v) is 3.53. The zero-order valence-electron chi connectivity index (χ0n) is 19.6. The van der Waals surface area contributed by atoms with Crippen LogP contribution in [0.15, 0.2) is 48.9 Å². The maximum absolute atomic E-state index is 13.8. The van der Waals surface area contributed by atoms with E-state index >= 15 is 0 Å². The van der Waals surface area contributed by atoms with E-state index in [-0.39, 0.29) is 17.4 Å². The van der Waals surface area contributed by atoms with Crippen LogP contribution >= 0.6 is 0 Å². The SMILES string of the molecule is CCc1nc(C(=O)N(C)c2ccc(F)c(OC)c2)cn2c(-c3ccc(NC(=O)OC)nc3)cnc12. The average Bonchev–Trinajstić information content (AvgIpc) is 3.32. The van der Waals surface area contributed by atoms with E-state index in [4.69, 9.17) is 4.74 Å². The van der Waals surface area contributed by atoms with Crippen LogP contribution in [0.4, 0.5) is 20.7 Å². The third-order valence-corrected chi connectivity index (χ3v) is 5.42. The molecule has 0 saturated heterocycles. The number of imidazole rings is 1. The summed E-state index contributed by atoms with van der Waals surface area (Å²) in [5.74, 6) is -0.535. The van der Waals surface area contributed by atoms with Gasteiger partial charge in [0.05, 0.1) is 31.8 Å². The molecule has 4 aromatic rings. The van der Waals surface area contributed by atoms with Gasteiger partial charge >= 0.3 is 6.09 Å². The summed E-state index contributed by atoms with van der Waals surface area (Å²) < 4.78 is 25.2. The number of nitrogens with one attached hydrogen (secondary N) is 1. The molecule has 1 N–H and O–H groups in total. The number of rotatable bonds is 6. The number of hydrogen-bond donors (Lipinski definition) is 1. The Kier molecular flexibility index (Phi) is 6.58. The van der Waals surface area contributed by atoms with Crippen molar-refractivity contribution in [2.75, 3.05) is 31.5 Å². The van der Waals surface area contributed by atoms with Crippen molar-refractivity contribution in [1.82, 2.24) is 19.4 Å². The Bertz CT molecular complexity index is 1400. The minimum Gasteiger partial charge on any atom is -0.494 e. The lowest BCUT2D eigenvalue weighted by Gasteiger charge is -2.18. The fourth-order valence-electron chi connectivity index (χ4n) is 3.53. The van der Waals surface area contributed by atoms with Crippen LogP contribution < -0.4 is 15.0 Å². The number of aryl methyl sites for hydroxylation is 1. The lowest BCUT2D eigenvalue weighted by atomic mass is 10.2. The number of amides is 2. The summed E-state index contributed by atoms with van der Waals surface area (Å²) in [6, 6.07) is 7.59. The van der Waals surface area contributed by atoms with Crippen molar-refractivity contribution >= 4 is 29.2 Å². The van der Waals surface area contributed by atoms with E-state index in [1.807, 2.05) is 6.92 Å². The van der Waals surface area contributed by atoms with Crippen molar-refractivity contribution in [3.63, 3.8) is 0 Å². The summed E-state index contributed by atoms with van der Waals surface area (Å²) in [5.41, 5.74) is 3.31. The number of pyridine rings is 1. The lowest BCUT2D eigenvalue weighted by molar-refractivity contribution is 0.0987. The molecule has 0 fully saturated rings. The number of anilines is 2. The standard InChI is InChI=1S/C24H23FN6O4/c1-5-17-22-27-12-19(14-6-9-21(26-11-14)29-24(33)35-4)31(22)13-18(28-17)23(32)30(2)15-7-8-16(25)20(10-15)34-3/h6-13H,5H2,1-4H3,(H,26,29,33). The van der Waals surface area contributed by atoms with E-state index in [0.29, 0.717) is 35.0 Å². The van der Waals surface area contributed by atoms with Gasteiger partial charge in [-0.1, -0.05) is 6.92 Å². The number of fused-ring (bicyclic) bond motifs is 1. The number of benzene rings is 1. The Morgan fingerprint density at radius 3 is 2.60 bits per heavy atom. The molecule has 35 heavy (non-hydrogen) atoms. The second kappa shape index (κ2) is 9.75. The van der Waals surface area contributed by atoms with Gasteiger partial charge in [-0.25, -0.2) is 24.1 Å². The molecule has 0 atom stereocenters. The van der Waals surface area contributed by atoms with Gasteiger partial charge in [0.25, 0.3) is 5.91 Å². The van der Waals surface area contributed by atoms with Crippen LogP contribution in [0.25, 0.3) is 16.9 Å². The number of nitrogens with zero attached hydrogens (tertiary/aromatic N) is 5. The predicted molar refractivity (Wildman–Crippen MR) is 127 cm³/mol. The molecule has 0 unspecified atom stereocenters. The van der Waals surface area contributed by atoms with E-state index in [9.17, 15) is 14.0 Å². The van der Waals surface area contributed by atoms with Crippen LogP contribution in [0, 0.1) is 5.82 Å². The molecule has 0 aliphatic rings. The highest BCUT2D eigenvalue weighted by Gasteiger charge is 2.20. The minimum atomic E-state index is -0.621. The summed E-state index contributed by atoms with van der Waals surface area (Å²) in [6.45, 7) is 1.92. The number of halogens is 1. The summed E-state index contributed by atoms with van der Waals surface area (Å²) in [6.07, 6.45) is 4.79. The third kappa shape index (κ3) is 4.60. The summed E-state index contributed by atoms with van der Waals surface area (Å²) in [7, 11) is 4.21. The molecular weight excluding hydrogens is 455 g/mol. The first kappa shape index (κ1) is 23.6. The first-order valence-corrected chi connectivity index (χ1v) is 10.7. The Morgan fingerprint density at radius 2 is 1.94 bits per heavy atom. The lowest BCUT2D eigenvalue weighted by Crippen LogP contribution is -2.28. The molecule has 0 radical (unpaired) electrons. The third-order valence-electron chi connectivity index (χ3n) is 5.42. The monoisotopic (exact) mass is 478 g/mol. The molecule has 3 aromatic heterocycles. The maximum Gasteiger partial charge on any atom is 0.412 e. The van der Waals surface area contributed by atoms with Crippen molar-refractivity contribution in [2.24, 2.45) is 0 Å². The molecule has 1 aromatic carbocycles. The first-order valence-electron chi connectivity index (χ1n) is 10.7. The van der Waals surface area contributed by atoms with Gasteiger partial charge in [-0.2, -0.15) is 0 Å². The molecule has 0 aliphatic heterocycles. The van der Waals surface area contributed by atoms with E-state index in [2.05, 4.69) is 25.0 Å². The van der Waals surface area contributed by atoms with Crippen LogP contribution in [-0.4, -0.2) is 52.6 Å². The summed E-state index contributed by atoms with van der Waals surface area (Å²) in [5, 5.41) is 2.50. The summed E-state index contributed by atoms with van der Waals surface area (Å²) in [4.78, 5) is 39.3. The topological polar surface area (TPSA) is 111 Å². The first-order chi connectivity index (χ1) is 16.9. The molecule has 4 rings (SSSR count).